The molecule has 2 rings (SSSR count). The maximum Gasteiger partial charge on any atom is 0.324 e. The average Bonchev–Trinajstić information content (AvgIpc) is 3.34. The van der Waals surface area contributed by atoms with E-state index in [1.807, 2.05) is 6.92 Å². The van der Waals surface area contributed by atoms with E-state index in [4.69, 9.17) is 116 Å². The van der Waals surface area contributed by atoms with Crippen LogP contribution in [0, 0.1) is 13.8 Å². The molecular formula is C50H100O26P2. The van der Waals surface area contributed by atoms with Crippen molar-refractivity contribution in [2.75, 3.05) is 59.5 Å². The van der Waals surface area contributed by atoms with E-state index < -0.39 is 144 Å². The van der Waals surface area contributed by atoms with Crippen LogP contribution < -0.4 is 4.74 Å². The van der Waals surface area contributed by atoms with Gasteiger partial charge in [-0.15, -0.1) is 0 Å². The molecule has 1 unspecified atom stereocenters. The monoisotopic (exact) mass is 1180 g/mol. The first-order valence-corrected chi connectivity index (χ1v) is 26.7. The summed E-state index contributed by atoms with van der Waals surface area (Å²) < 4.78 is 6.86. The van der Waals surface area contributed by atoms with E-state index in [9.17, 15) is 15.3 Å². The summed E-state index contributed by atoms with van der Waals surface area (Å²) in [6, 6.07) is 8.77. The van der Waals surface area contributed by atoms with Gasteiger partial charge in [0.15, 0.2) is 6.10 Å². The van der Waals surface area contributed by atoms with Gasteiger partial charge in [0.25, 0.3) is 0 Å². The zero-order valence-electron chi connectivity index (χ0n) is 47.5. The van der Waals surface area contributed by atoms with E-state index in [0.717, 1.165) is 33.6 Å². The topological polar surface area (TPSA) is 515 Å². The molecule has 2 aromatic rings. The summed E-state index contributed by atoms with van der Waals surface area (Å²) in [6.07, 6.45) is -13.3. The Labute approximate surface area is 461 Å². The Bertz CT molecular complexity index is 1700. The Morgan fingerprint density at radius 3 is 0.769 bits per heavy atom. The summed E-state index contributed by atoms with van der Waals surface area (Å²) in [5, 5.41) is 165. The molecule has 2 aromatic carbocycles. The van der Waals surface area contributed by atoms with Crippen LogP contribution in [-0.4, -0.2) is 247 Å². The molecule has 0 amide bonds. The van der Waals surface area contributed by atoms with Crippen LogP contribution in [0.3, 0.4) is 0 Å². The first-order chi connectivity index (χ1) is 35.3. The van der Waals surface area contributed by atoms with Crippen LogP contribution in [0.15, 0.2) is 24.3 Å². The fourth-order valence-electron chi connectivity index (χ4n) is 5.86. The fourth-order valence-corrected chi connectivity index (χ4v) is 5.86. The van der Waals surface area contributed by atoms with Crippen molar-refractivity contribution in [3.05, 3.63) is 63.2 Å². The van der Waals surface area contributed by atoms with Crippen LogP contribution >= 0.6 is 17.2 Å². The molecule has 28 heteroatoms. The van der Waals surface area contributed by atoms with E-state index >= 15 is 0 Å². The summed E-state index contributed by atoms with van der Waals surface area (Å²) in [5.74, 6) is 0.721. The number of hydrogen-bond acceptors (Lipinski definition) is 26. The SMILES string of the molecule is Cc1cc(C(C)(C)C)cc(C(C)(C)C)c1OC(c1c(C)cc(C(C)(C)C)cc1C(C)(C)C)[C@H](O)[C@H](O)CO.OC[C@@H](O)[C@@H](O)CO.OC[C@@H](O)[C@@H](O)CO.OC[C@@H](O)[C@@H](O)CO.OC[C@@H](O)[C@@H](O)CO.OP(O)O.OP(O)O. The molecule has 0 saturated carbocycles. The molecule has 26 nitrogen and oxygen atoms in total. The maximum absolute atomic E-state index is 11.5. The van der Waals surface area contributed by atoms with E-state index in [-0.39, 0.29) is 21.7 Å². The second-order valence-corrected chi connectivity index (χ2v) is 22.8. The van der Waals surface area contributed by atoms with Gasteiger partial charge in [-0.1, -0.05) is 107 Å². The highest BCUT2D eigenvalue weighted by Gasteiger charge is 2.37. The van der Waals surface area contributed by atoms with Crippen molar-refractivity contribution in [2.45, 2.75) is 186 Å². The van der Waals surface area contributed by atoms with E-state index in [1.165, 1.54) is 11.1 Å². The Kier molecular flexibility index (Phi) is 45.7. The zero-order chi connectivity index (χ0) is 63.0. The molecule has 0 aliphatic heterocycles. The summed E-state index contributed by atoms with van der Waals surface area (Å²) in [4.78, 5) is 43.4. The largest absolute Gasteiger partial charge is 0.482 e. The van der Waals surface area contributed by atoms with Gasteiger partial charge in [-0.2, -0.15) is 0 Å². The lowest BCUT2D eigenvalue weighted by Crippen LogP contribution is -2.39. The molecule has 0 spiro atoms. The average molecular weight is 1180 g/mol. The van der Waals surface area contributed by atoms with Gasteiger partial charge < -0.3 is 131 Å². The standard InChI is InChI=1S/C34H54O4.4C4H10O4.2H3O3P/c1-20-15-22(31(3,4)5)17-24(33(9,10)11)27(20)30(28(37)26(36)19-35)38-29-21(2)16-23(32(6,7)8)18-25(29)34(12,13)14;4*5-1-3(7)4(8)2-6;2*1-4(2)3/h15-18,26,28,30,35-37H,19H2,1-14H3;4*3-8H,1-2H2;2*1-3H/t26-,28-,30?;4*3-,4+;;/m1....../s1. The van der Waals surface area contributed by atoms with Crippen molar-refractivity contribution in [3.63, 3.8) is 0 Å². The molecular weight excluding hydrogens is 1080 g/mol. The number of aryl methyl sites for hydroxylation is 2. The molecule has 78 heavy (non-hydrogen) atoms. The summed E-state index contributed by atoms with van der Waals surface area (Å²) in [6.45, 7) is 25.5. The molecule has 0 bridgehead atoms. The molecule has 25 N–H and O–H groups in total. The van der Waals surface area contributed by atoms with Crippen LogP contribution in [0.5, 0.6) is 5.75 Å². The highest BCUT2D eigenvalue weighted by atomic mass is 31.2. The lowest BCUT2D eigenvalue weighted by atomic mass is 9.75. The molecule has 0 fully saturated rings. The van der Waals surface area contributed by atoms with Crippen LogP contribution in [-0.2, 0) is 21.7 Å². The second kappa shape index (κ2) is 42.0. The zero-order valence-corrected chi connectivity index (χ0v) is 49.3. The number of aliphatic hydroxyl groups is 19. The molecule has 0 saturated heterocycles. The highest BCUT2D eigenvalue weighted by molar-refractivity contribution is 7.38. The van der Waals surface area contributed by atoms with Crippen molar-refractivity contribution in [2.24, 2.45) is 0 Å². The van der Waals surface area contributed by atoms with Gasteiger partial charge in [-0.3, -0.25) is 0 Å². The van der Waals surface area contributed by atoms with Crippen LogP contribution in [0.4, 0.5) is 0 Å². The predicted octanol–water partition coefficient (Wildman–Crippen LogP) is -3.52. The first-order valence-electron chi connectivity index (χ1n) is 24.3. The van der Waals surface area contributed by atoms with Gasteiger partial charge in [-0.05, 0) is 63.3 Å². The molecule has 0 aliphatic rings. The van der Waals surface area contributed by atoms with Crippen molar-refractivity contribution in [3.8, 4) is 5.75 Å². The van der Waals surface area contributed by atoms with Gasteiger partial charge in [0.2, 0.25) is 0 Å². The third kappa shape index (κ3) is 36.5. The van der Waals surface area contributed by atoms with Gasteiger partial charge in [-0.25, -0.2) is 0 Å². The Morgan fingerprint density at radius 2 is 0.564 bits per heavy atom. The highest BCUT2D eigenvalue weighted by Crippen LogP contribution is 2.44. The second-order valence-electron chi connectivity index (χ2n) is 21.7. The smallest absolute Gasteiger partial charge is 0.324 e. The number of aliphatic hydroxyl groups excluding tert-OH is 19. The lowest BCUT2D eigenvalue weighted by Gasteiger charge is -2.37. The number of benzene rings is 2. The van der Waals surface area contributed by atoms with Crippen LogP contribution in [0.1, 0.15) is 128 Å². The lowest BCUT2D eigenvalue weighted by molar-refractivity contribution is -0.0701. The maximum atomic E-state index is 11.5. The Balaban J connectivity index is -0.000000354. The fraction of sp³-hybridized carbons (Fsp3) is 0.760. The number of ether oxygens (including phenoxy) is 1. The molecule has 0 heterocycles. The van der Waals surface area contributed by atoms with Crippen molar-refractivity contribution < 1.29 is 131 Å². The van der Waals surface area contributed by atoms with Gasteiger partial charge in [0.1, 0.15) is 66.8 Å². The molecule has 466 valence electrons. The Morgan fingerprint density at radius 1 is 0.346 bits per heavy atom. The van der Waals surface area contributed by atoms with E-state index in [0.29, 0.717) is 0 Å². The van der Waals surface area contributed by atoms with E-state index in [2.05, 4.69) is 114 Å². The molecule has 11 atom stereocenters. The normalized spacial score (nSPS) is 16.0. The van der Waals surface area contributed by atoms with Crippen molar-refractivity contribution in [1.29, 1.82) is 0 Å². The minimum atomic E-state index is -2.62. The van der Waals surface area contributed by atoms with Crippen molar-refractivity contribution in [1.82, 2.24) is 0 Å². The molecule has 0 radical (unpaired) electrons. The van der Waals surface area contributed by atoms with Gasteiger partial charge in [0, 0.05) is 11.1 Å². The van der Waals surface area contributed by atoms with Gasteiger partial charge >= 0.3 is 17.2 Å². The molecule has 0 aromatic heterocycles. The quantitative estimate of drug-likeness (QED) is 0.0643. The summed E-state index contributed by atoms with van der Waals surface area (Å²) in [7, 11) is -5.24. The van der Waals surface area contributed by atoms with Crippen molar-refractivity contribution >= 4 is 17.2 Å². The van der Waals surface area contributed by atoms with E-state index in [1.54, 1.807) is 0 Å². The third-order valence-electron chi connectivity index (χ3n) is 10.7. The third-order valence-corrected chi connectivity index (χ3v) is 10.7. The Hall–Kier alpha value is -1.90. The minimum absolute atomic E-state index is 0.0337. The van der Waals surface area contributed by atoms with Gasteiger partial charge in [0.05, 0.1) is 59.5 Å². The summed E-state index contributed by atoms with van der Waals surface area (Å²) >= 11 is 0. The number of hydrogen-bond donors (Lipinski definition) is 25. The minimum Gasteiger partial charge on any atom is -0.482 e. The van der Waals surface area contributed by atoms with Crippen LogP contribution in [0.25, 0.3) is 0 Å². The molecule has 0 aliphatic carbocycles. The summed E-state index contributed by atoms with van der Waals surface area (Å²) in [5.41, 5.74) is 6.85. The number of rotatable bonds is 18. The van der Waals surface area contributed by atoms with Crippen LogP contribution in [0.2, 0.25) is 0 Å². The predicted molar refractivity (Wildman–Crippen MR) is 292 cm³/mol. The first kappa shape index (κ1) is 84.9.